The van der Waals surface area contributed by atoms with Crippen LogP contribution in [0.25, 0.3) is 0 Å². The molecule has 1 saturated heterocycles. The molecular weight excluding hydrogens is 244 g/mol. The molecule has 2 unspecified atom stereocenters. The van der Waals surface area contributed by atoms with Crippen molar-refractivity contribution in [2.45, 2.75) is 52.3 Å². The van der Waals surface area contributed by atoms with Gasteiger partial charge in [-0.25, -0.2) is 0 Å². The minimum absolute atomic E-state index is 0.531. The summed E-state index contributed by atoms with van der Waals surface area (Å²) in [7, 11) is 0. The highest BCUT2D eigenvalue weighted by molar-refractivity contribution is 5.68. The first-order valence-electron chi connectivity index (χ1n) is 5.48. The average Bonchev–Trinajstić information content (AvgIpc) is 2.43. The number of ether oxygens (including phenoxy) is 4. The van der Waals surface area contributed by atoms with Crippen LogP contribution in [0, 0.1) is 0 Å². The fourth-order valence-electron chi connectivity index (χ4n) is 1.72. The van der Waals surface area contributed by atoms with Crippen molar-refractivity contribution in [1.82, 2.24) is 0 Å². The Hall–Kier alpha value is -1.63. The van der Waals surface area contributed by atoms with Crippen LogP contribution < -0.4 is 0 Å². The van der Waals surface area contributed by atoms with Gasteiger partial charge in [-0.1, -0.05) is 0 Å². The summed E-state index contributed by atoms with van der Waals surface area (Å²) in [6.45, 7) is 5.28. The molecule has 102 valence electrons. The van der Waals surface area contributed by atoms with Crippen LogP contribution in [0.3, 0.4) is 0 Å². The van der Waals surface area contributed by atoms with Crippen LogP contribution in [-0.2, 0) is 33.3 Å². The Labute approximate surface area is 104 Å². The highest BCUT2D eigenvalue weighted by atomic mass is 16.7. The lowest BCUT2D eigenvalue weighted by Crippen LogP contribution is -2.40. The Balaban J connectivity index is 2.83. The molecule has 1 aliphatic heterocycles. The highest BCUT2D eigenvalue weighted by Gasteiger charge is 2.49. The van der Waals surface area contributed by atoms with E-state index < -0.39 is 42.5 Å². The van der Waals surface area contributed by atoms with E-state index in [1.165, 1.54) is 20.8 Å². The van der Waals surface area contributed by atoms with Gasteiger partial charge < -0.3 is 18.9 Å². The number of hydrogen-bond acceptors (Lipinski definition) is 7. The Kier molecular flexibility index (Phi) is 4.66. The van der Waals surface area contributed by atoms with Gasteiger partial charge in [-0.2, -0.15) is 0 Å². The van der Waals surface area contributed by atoms with Gasteiger partial charge in [-0.3, -0.25) is 14.4 Å². The normalized spacial score (nSPS) is 30.7. The first-order chi connectivity index (χ1) is 8.31. The van der Waals surface area contributed by atoms with Crippen molar-refractivity contribution in [3.63, 3.8) is 0 Å². The highest BCUT2D eigenvalue weighted by Crippen LogP contribution is 2.27. The van der Waals surface area contributed by atoms with E-state index in [2.05, 4.69) is 0 Å². The molecule has 0 spiro atoms. The van der Waals surface area contributed by atoms with Crippen LogP contribution in [0.1, 0.15) is 27.7 Å². The van der Waals surface area contributed by atoms with E-state index in [4.69, 9.17) is 18.9 Å². The predicted molar refractivity (Wildman–Crippen MR) is 57.2 cm³/mol. The minimum atomic E-state index is -1.06. The fourth-order valence-corrected chi connectivity index (χ4v) is 1.72. The van der Waals surface area contributed by atoms with E-state index in [0.29, 0.717) is 0 Å². The summed E-state index contributed by atoms with van der Waals surface area (Å²) in [5.41, 5.74) is 0. The second kappa shape index (κ2) is 5.81. The molecule has 0 aromatic rings. The molecule has 0 N–H and O–H groups in total. The molecule has 0 radical (unpaired) electrons. The number of carbonyl (C=O) groups is 3. The largest absolute Gasteiger partial charge is 0.456 e. The Morgan fingerprint density at radius 3 is 1.72 bits per heavy atom. The second-order valence-electron chi connectivity index (χ2n) is 3.97. The second-order valence-corrected chi connectivity index (χ2v) is 3.97. The summed E-state index contributed by atoms with van der Waals surface area (Å²) < 4.78 is 20.2. The standard InChI is InChI=1S/C11H16O7/c1-5-9(16-6(2)12)10(17-7(3)13)11(15-5)18-8(4)14/h5,9-11H,1-4H3/t5-,9-,10?,11?/m1/s1. The topological polar surface area (TPSA) is 88.1 Å². The Bertz CT molecular complexity index is 351. The maximum atomic E-state index is 11.0. The minimum Gasteiger partial charge on any atom is -0.456 e. The van der Waals surface area contributed by atoms with Gasteiger partial charge in [-0.05, 0) is 6.92 Å². The lowest BCUT2D eigenvalue weighted by Gasteiger charge is -2.22. The third kappa shape index (κ3) is 3.69. The van der Waals surface area contributed by atoms with Crippen molar-refractivity contribution in [2.24, 2.45) is 0 Å². The summed E-state index contributed by atoms with van der Waals surface area (Å²) >= 11 is 0. The molecule has 1 aliphatic rings. The van der Waals surface area contributed by atoms with Crippen molar-refractivity contribution in [3.05, 3.63) is 0 Å². The number of carbonyl (C=O) groups excluding carboxylic acids is 3. The smallest absolute Gasteiger partial charge is 0.305 e. The molecule has 18 heavy (non-hydrogen) atoms. The zero-order chi connectivity index (χ0) is 13.9. The first kappa shape index (κ1) is 14.4. The van der Waals surface area contributed by atoms with Gasteiger partial charge in [0, 0.05) is 20.8 Å². The molecule has 7 nitrogen and oxygen atoms in total. The molecule has 1 fully saturated rings. The number of esters is 3. The SMILES string of the molecule is CC(=O)OC1O[C@H](C)[C@@H](OC(C)=O)C1OC(C)=O. The maximum Gasteiger partial charge on any atom is 0.305 e. The Morgan fingerprint density at radius 2 is 1.28 bits per heavy atom. The third-order valence-electron chi connectivity index (χ3n) is 2.29. The van der Waals surface area contributed by atoms with E-state index >= 15 is 0 Å². The summed E-state index contributed by atoms with van der Waals surface area (Å²) in [5.74, 6) is -1.68. The van der Waals surface area contributed by atoms with Crippen molar-refractivity contribution >= 4 is 17.9 Å². The summed E-state index contributed by atoms with van der Waals surface area (Å²) in [6, 6.07) is 0. The average molecular weight is 260 g/mol. The molecule has 0 bridgehead atoms. The van der Waals surface area contributed by atoms with E-state index in [1.54, 1.807) is 6.92 Å². The van der Waals surface area contributed by atoms with E-state index in [0.717, 1.165) is 0 Å². The molecule has 7 heteroatoms. The Morgan fingerprint density at radius 1 is 0.833 bits per heavy atom. The summed E-state index contributed by atoms with van der Waals surface area (Å²) in [5, 5.41) is 0. The van der Waals surface area contributed by atoms with E-state index in [1.807, 2.05) is 0 Å². The molecule has 4 atom stereocenters. The summed E-state index contributed by atoms with van der Waals surface area (Å²) in [6.07, 6.45) is -3.35. The molecule has 1 heterocycles. The fraction of sp³-hybridized carbons (Fsp3) is 0.727. The maximum absolute atomic E-state index is 11.0. The van der Waals surface area contributed by atoms with Crippen LogP contribution in [0.5, 0.6) is 0 Å². The van der Waals surface area contributed by atoms with Gasteiger partial charge in [0.25, 0.3) is 0 Å². The molecule has 1 rings (SSSR count). The number of hydrogen-bond donors (Lipinski definition) is 0. The summed E-state index contributed by atoms with van der Waals surface area (Å²) in [4.78, 5) is 32.9. The monoisotopic (exact) mass is 260 g/mol. The van der Waals surface area contributed by atoms with Crippen LogP contribution in [0.15, 0.2) is 0 Å². The zero-order valence-corrected chi connectivity index (χ0v) is 10.7. The van der Waals surface area contributed by atoms with Gasteiger partial charge in [0.1, 0.15) is 0 Å². The third-order valence-corrected chi connectivity index (χ3v) is 2.29. The van der Waals surface area contributed by atoms with Crippen LogP contribution in [0.2, 0.25) is 0 Å². The van der Waals surface area contributed by atoms with Crippen LogP contribution in [0.4, 0.5) is 0 Å². The van der Waals surface area contributed by atoms with Crippen molar-refractivity contribution in [1.29, 1.82) is 0 Å². The van der Waals surface area contributed by atoms with Crippen LogP contribution in [-0.4, -0.2) is 42.5 Å². The molecule has 0 aromatic carbocycles. The van der Waals surface area contributed by atoms with Gasteiger partial charge in [-0.15, -0.1) is 0 Å². The molecular formula is C11H16O7. The first-order valence-corrected chi connectivity index (χ1v) is 5.48. The quantitative estimate of drug-likeness (QED) is 0.527. The molecule has 0 saturated carbocycles. The van der Waals surface area contributed by atoms with Gasteiger partial charge in [0.05, 0.1) is 6.10 Å². The van der Waals surface area contributed by atoms with Gasteiger partial charge in [0.2, 0.25) is 12.4 Å². The van der Waals surface area contributed by atoms with E-state index in [-0.39, 0.29) is 0 Å². The number of rotatable bonds is 3. The van der Waals surface area contributed by atoms with E-state index in [9.17, 15) is 14.4 Å². The molecule has 0 amide bonds. The molecule has 0 aliphatic carbocycles. The predicted octanol–water partition coefficient (Wildman–Crippen LogP) is 0.158. The van der Waals surface area contributed by atoms with Crippen LogP contribution >= 0.6 is 0 Å². The molecule has 0 aromatic heterocycles. The van der Waals surface area contributed by atoms with Crippen molar-refractivity contribution in [2.75, 3.05) is 0 Å². The van der Waals surface area contributed by atoms with Gasteiger partial charge >= 0.3 is 17.9 Å². The lowest BCUT2D eigenvalue weighted by molar-refractivity contribution is -0.194. The van der Waals surface area contributed by atoms with Gasteiger partial charge in [0.15, 0.2) is 6.10 Å². The lowest BCUT2D eigenvalue weighted by atomic mass is 10.1. The zero-order valence-electron chi connectivity index (χ0n) is 10.7. The van der Waals surface area contributed by atoms with Crippen molar-refractivity contribution in [3.8, 4) is 0 Å². The van der Waals surface area contributed by atoms with Crippen molar-refractivity contribution < 1.29 is 33.3 Å².